The van der Waals surface area contributed by atoms with Crippen LogP contribution in [0.4, 0.5) is 5.69 Å². The molecule has 5 heteroatoms. The summed E-state index contributed by atoms with van der Waals surface area (Å²) in [4.78, 5) is 5.27. The first kappa shape index (κ1) is 18.2. The van der Waals surface area contributed by atoms with Crippen LogP contribution in [0.25, 0.3) is 11.1 Å². The fourth-order valence-electron chi connectivity index (χ4n) is 5.04. The molecule has 1 aromatic carbocycles. The number of benzene rings is 1. The molecule has 1 aromatic heterocycles. The average molecular weight is 381 g/mol. The lowest BCUT2D eigenvalue weighted by Crippen LogP contribution is -2.43. The molecule has 5 rings (SSSR count). The van der Waals surface area contributed by atoms with Crippen molar-refractivity contribution >= 4 is 5.69 Å². The van der Waals surface area contributed by atoms with Crippen LogP contribution in [0.15, 0.2) is 36.7 Å². The molecule has 28 heavy (non-hydrogen) atoms. The highest BCUT2D eigenvalue weighted by atomic mass is 16.5. The summed E-state index contributed by atoms with van der Waals surface area (Å²) in [7, 11) is 0. The molecule has 0 spiro atoms. The van der Waals surface area contributed by atoms with Crippen molar-refractivity contribution in [2.24, 2.45) is 0 Å². The highest BCUT2D eigenvalue weighted by molar-refractivity contribution is 5.65. The molecule has 2 aromatic rings. The smallest absolute Gasteiger partial charge is 0.150 e. The summed E-state index contributed by atoms with van der Waals surface area (Å²) in [5, 5.41) is 4.55. The largest absolute Gasteiger partial charge is 0.371 e. The molecule has 1 atom stereocenters. The minimum atomic E-state index is 0.110. The summed E-state index contributed by atoms with van der Waals surface area (Å²) in [6.45, 7) is 5.84. The number of piperidine rings is 1. The zero-order chi connectivity index (χ0) is 18.8. The Morgan fingerprint density at radius 2 is 1.61 bits per heavy atom. The van der Waals surface area contributed by atoms with E-state index in [4.69, 9.17) is 4.74 Å². The fraction of sp³-hybridized carbons (Fsp3) is 0.609. The number of anilines is 1. The second kappa shape index (κ2) is 8.26. The molecule has 0 N–H and O–H groups in total. The van der Waals surface area contributed by atoms with Crippen LogP contribution in [0.1, 0.15) is 51.2 Å². The SMILES string of the molecule is c1cc(N2CCC(N3CCCC3)CC2)ccc1-c1cnn(C2CCCCO2)c1. The van der Waals surface area contributed by atoms with E-state index < -0.39 is 0 Å². The first-order valence-corrected chi connectivity index (χ1v) is 11.1. The van der Waals surface area contributed by atoms with E-state index in [1.807, 2.05) is 10.9 Å². The molecule has 0 aliphatic carbocycles. The molecule has 3 aliphatic heterocycles. The summed E-state index contributed by atoms with van der Waals surface area (Å²) in [5.74, 6) is 0. The van der Waals surface area contributed by atoms with Crippen LogP contribution in [0, 0.1) is 0 Å². The highest BCUT2D eigenvalue weighted by Gasteiger charge is 2.26. The zero-order valence-electron chi connectivity index (χ0n) is 16.8. The molecule has 5 nitrogen and oxygen atoms in total. The summed E-state index contributed by atoms with van der Waals surface area (Å²) < 4.78 is 7.84. The molecule has 150 valence electrons. The number of nitrogens with zero attached hydrogens (tertiary/aromatic N) is 4. The number of aromatic nitrogens is 2. The van der Waals surface area contributed by atoms with Gasteiger partial charge in [0.1, 0.15) is 6.23 Å². The minimum absolute atomic E-state index is 0.110. The van der Waals surface area contributed by atoms with Gasteiger partial charge in [0.25, 0.3) is 0 Å². The monoisotopic (exact) mass is 380 g/mol. The third-order valence-corrected chi connectivity index (χ3v) is 6.74. The molecule has 0 bridgehead atoms. The maximum absolute atomic E-state index is 5.85. The predicted molar refractivity (Wildman–Crippen MR) is 113 cm³/mol. The van der Waals surface area contributed by atoms with Gasteiger partial charge in [0.05, 0.1) is 6.20 Å². The van der Waals surface area contributed by atoms with Crippen LogP contribution in [0.5, 0.6) is 0 Å². The lowest BCUT2D eigenvalue weighted by Gasteiger charge is -2.37. The van der Waals surface area contributed by atoms with Crippen LogP contribution < -0.4 is 4.90 Å². The standard InChI is InChI=1S/C23H32N4O/c1-4-16-28-23(5-1)27-18-20(17-24-27)19-6-8-21(9-7-19)26-14-10-22(11-15-26)25-12-2-3-13-25/h6-9,17-18,22-23H,1-5,10-16H2. The quantitative estimate of drug-likeness (QED) is 0.791. The van der Waals surface area contributed by atoms with Gasteiger partial charge in [0.2, 0.25) is 0 Å². The van der Waals surface area contributed by atoms with Crippen molar-refractivity contribution in [1.82, 2.24) is 14.7 Å². The lowest BCUT2D eigenvalue weighted by molar-refractivity contribution is -0.0394. The predicted octanol–water partition coefficient (Wildman–Crippen LogP) is 4.31. The van der Waals surface area contributed by atoms with Crippen molar-refractivity contribution in [2.75, 3.05) is 37.7 Å². The minimum Gasteiger partial charge on any atom is -0.371 e. The van der Waals surface area contributed by atoms with Gasteiger partial charge < -0.3 is 14.5 Å². The van der Waals surface area contributed by atoms with Crippen molar-refractivity contribution < 1.29 is 4.74 Å². The third-order valence-electron chi connectivity index (χ3n) is 6.74. The number of hydrogen-bond donors (Lipinski definition) is 0. The Morgan fingerprint density at radius 3 is 2.32 bits per heavy atom. The van der Waals surface area contributed by atoms with E-state index in [-0.39, 0.29) is 6.23 Å². The second-order valence-electron chi connectivity index (χ2n) is 8.54. The number of ether oxygens (including phenoxy) is 1. The van der Waals surface area contributed by atoms with E-state index in [0.717, 1.165) is 19.1 Å². The zero-order valence-corrected chi connectivity index (χ0v) is 16.8. The topological polar surface area (TPSA) is 33.5 Å². The van der Waals surface area contributed by atoms with Gasteiger partial charge in [-0.25, -0.2) is 4.68 Å². The highest BCUT2D eigenvalue weighted by Crippen LogP contribution is 2.29. The molecule has 4 heterocycles. The Morgan fingerprint density at radius 1 is 0.821 bits per heavy atom. The maximum atomic E-state index is 5.85. The van der Waals surface area contributed by atoms with Crippen molar-refractivity contribution in [1.29, 1.82) is 0 Å². The molecule has 0 radical (unpaired) electrons. The Bertz CT molecular complexity index is 751. The first-order valence-electron chi connectivity index (χ1n) is 11.1. The van der Waals surface area contributed by atoms with E-state index in [2.05, 4.69) is 45.4 Å². The number of rotatable bonds is 4. The third kappa shape index (κ3) is 3.83. The van der Waals surface area contributed by atoms with Crippen molar-refractivity contribution in [2.45, 2.75) is 57.2 Å². The van der Waals surface area contributed by atoms with Crippen molar-refractivity contribution in [3.05, 3.63) is 36.7 Å². The summed E-state index contributed by atoms with van der Waals surface area (Å²) in [5.41, 5.74) is 3.76. The van der Waals surface area contributed by atoms with E-state index in [9.17, 15) is 0 Å². The van der Waals surface area contributed by atoms with E-state index in [1.54, 1.807) is 0 Å². The van der Waals surface area contributed by atoms with Crippen LogP contribution in [0.3, 0.4) is 0 Å². The van der Waals surface area contributed by atoms with Gasteiger partial charge in [0.15, 0.2) is 0 Å². The Labute approximate surface area is 168 Å². The molecule has 0 amide bonds. The van der Waals surface area contributed by atoms with Crippen LogP contribution >= 0.6 is 0 Å². The molecule has 0 saturated carbocycles. The van der Waals surface area contributed by atoms with E-state index in [1.165, 1.54) is 81.5 Å². The summed E-state index contributed by atoms with van der Waals surface area (Å²) >= 11 is 0. The normalized spacial score (nSPS) is 24.7. The van der Waals surface area contributed by atoms with Gasteiger partial charge in [0, 0.05) is 43.2 Å². The van der Waals surface area contributed by atoms with Gasteiger partial charge >= 0.3 is 0 Å². The maximum Gasteiger partial charge on any atom is 0.150 e. The Kier molecular flexibility index (Phi) is 5.37. The van der Waals surface area contributed by atoms with Gasteiger partial charge in [-0.1, -0.05) is 12.1 Å². The van der Waals surface area contributed by atoms with Gasteiger partial charge in [-0.3, -0.25) is 0 Å². The molecular formula is C23H32N4O. The van der Waals surface area contributed by atoms with Gasteiger partial charge in [-0.05, 0) is 75.7 Å². The van der Waals surface area contributed by atoms with Gasteiger partial charge in [-0.2, -0.15) is 5.10 Å². The Hall–Kier alpha value is -1.85. The molecule has 1 unspecified atom stereocenters. The van der Waals surface area contributed by atoms with Crippen LogP contribution in [-0.2, 0) is 4.74 Å². The average Bonchev–Trinajstić information content (AvgIpc) is 3.47. The number of likely N-dealkylation sites (tertiary alicyclic amines) is 1. The van der Waals surface area contributed by atoms with Gasteiger partial charge in [-0.15, -0.1) is 0 Å². The van der Waals surface area contributed by atoms with E-state index >= 15 is 0 Å². The first-order chi connectivity index (χ1) is 13.9. The summed E-state index contributed by atoms with van der Waals surface area (Å²) in [6.07, 6.45) is 13.1. The second-order valence-corrected chi connectivity index (χ2v) is 8.54. The number of hydrogen-bond acceptors (Lipinski definition) is 4. The van der Waals surface area contributed by atoms with Crippen LogP contribution in [-0.4, -0.2) is 53.5 Å². The molecular weight excluding hydrogens is 348 g/mol. The lowest BCUT2D eigenvalue weighted by atomic mass is 10.0. The van der Waals surface area contributed by atoms with E-state index in [0.29, 0.717) is 0 Å². The fourth-order valence-corrected chi connectivity index (χ4v) is 5.04. The summed E-state index contributed by atoms with van der Waals surface area (Å²) in [6, 6.07) is 9.85. The van der Waals surface area contributed by atoms with Crippen LogP contribution in [0.2, 0.25) is 0 Å². The molecule has 3 saturated heterocycles. The molecule has 3 fully saturated rings. The van der Waals surface area contributed by atoms with Crippen molar-refractivity contribution in [3.63, 3.8) is 0 Å². The van der Waals surface area contributed by atoms with Crippen molar-refractivity contribution in [3.8, 4) is 11.1 Å². The molecule has 3 aliphatic rings. The Balaban J connectivity index is 1.21.